The first-order chi connectivity index (χ1) is 7.31. The average Bonchev–Trinajstić information content (AvgIpc) is 2.68. The third kappa shape index (κ3) is 2.02. The van der Waals surface area contributed by atoms with Gasteiger partial charge in [-0.1, -0.05) is 5.16 Å². The Bertz CT molecular complexity index is 426. The molecule has 0 aliphatic rings. The molecule has 2 aromatic heterocycles. The van der Waals surface area contributed by atoms with E-state index in [1.165, 1.54) is 0 Å². The normalized spacial score (nSPS) is 12.7. The topological polar surface area (TPSA) is 63.8 Å². The molecular formula is C10H12N4O. The van der Waals surface area contributed by atoms with Gasteiger partial charge in [0.25, 0.3) is 0 Å². The number of nitrogens with one attached hydrogen (secondary N) is 1. The van der Waals surface area contributed by atoms with Gasteiger partial charge in [-0.3, -0.25) is 4.98 Å². The van der Waals surface area contributed by atoms with Crippen molar-refractivity contribution >= 4 is 0 Å². The lowest BCUT2D eigenvalue weighted by atomic mass is 10.1. The van der Waals surface area contributed by atoms with E-state index < -0.39 is 0 Å². The maximum atomic E-state index is 4.95. The van der Waals surface area contributed by atoms with Crippen LogP contribution < -0.4 is 5.32 Å². The molecule has 0 spiro atoms. The number of pyridine rings is 1. The van der Waals surface area contributed by atoms with Crippen molar-refractivity contribution < 1.29 is 4.52 Å². The Morgan fingerprint density at radius 1 is 1.33 bits per heavy atom. The summed E-state index contributed by atoms with van der Waals surface area (Å²) in [4.78, 5) is 8.17. The van der Waals surface area contributed by atoms with Crippen LogP contribution in [0, 0.1) is 6.92 Å². The van der Waals surface area contributed by atoms with Crippen LogP contribution in [0.3, 0.4) is 0 Å². The second kappa shape index (κ2) is 4.18. The quantitative estimate of drug-likeness (QED) is 0.810. The van der Waals surface area contributed by atoms with E-state index in [4.69, 9.17) is 4.52 Å². The number of aryl methyl sites for hydroxylation is 1. The van der Waals surface area contributed by atoms with Crippen LogP contribution >= 0.6 is 0 Å². The van der Waals surface area contributed by atoms with Gasteiger partial charge in [-0.2, -0.15) is 4.98 Å². The second-order valence-electron chi connectivity index (χ2n) is 3.17. The summed E-state index contributed by atoms with van der Waals surface area (Å²) < 4.78 is 4.95. The van der Waals surface area contributed by atoms with Crippen LogP contribution in [0.2, 0.25) is 0 Å². The zero-order valence-electron chi connectivity index (χ0n) is 8.64. The lowest BCUT2D eigenvalue weighted by Gasteiger charge is -2.11. The SMILES string of the molecule is CN[C@H](c1ccncc1)c1noc(C)n1. The van der Waals surface area contributed by atoms with Crippen LogP contribution in [-0.2, 0) is 0 Å². The van der Waals surface area contributed by atoms with Crippen LogP contribution in [0.4, 0.5) is 0 Å². The van der Waals surface area contributed by atoms with Crippen molar-refractivity contribution in [2.75, 3.05) is 7.05 Å². The summed E-state index contributed by atoms with van der Waals surface area (Å²) in [5.74, 6) is 1.21. The van der Waals surface area contributed by atoms with Gasteiger partial charge in [0.05, 0.1) is 6.04 Å². The molecule has 0 aliphatic carbocycles. The fourth-order valence-corrected chi connectivity index (χ4v) is 1.43. The van der Waals surface area contributed by atoms with E-state index in [0.29, 0.717) is 11.7 Å². The van der Waals surface area contributed by atoms with Gasteiger partial charge >= 0.3 is 0 Å². The third-order valence-corrected chi connectivity index (χ3v) is 2.13. The summed E-state index contributed by atoms with van der Waals surface area (Å²) >= 11 is 0. The average molecular weight is 204 g/mol. The lowest BCUT2D eigenvalue weighted by Crippen LogP contribution is -2.19. The van der Waals surface area contributed by atoms with E-state index in [-0.39, 0.29) is 6.04 Å². The minimum absolute atomic E-state index is 0.0505. The molecule has 0 bridgehead atoms. The third-order valence-electron chi connectivity index (χ3n) is 2.13. The standard InChI is InChI=1S/C10H12N4O/c1-7-13-10(14-15-7)9(11-2)8-3-5-12-6-4-8/h3-6,9,11H,1-2H3/t9-/m1/s1. The molecular weight excluding hydrogens is 192 g/mol. The summed E-state index contributed by atoms with van der Waals surface area (Å²) in [5.41, 5.74) is 1.06. The van der Waals surface area contributed by atoms with Crippen molar-refractivity contribution in [2.45, 2.75) is 13.0 Å². The lowest BCUT2D eigenvalue weighted by molar-refractivity contribution is 0.383. The largest absolute Gasteiger partial charge is 0.340 e. The highest BCUT2D eigenvalue weighted by molar-refractivity contribution is 5.21. The first-order valence-corrected chi connectivity index (χ1v) is 4.68. The van der Waals surface area contributed by atoms with Crippen molar-refractivity contribution in [3.8, 4) is 0 Å². The van der Waals surface area contributed by atoms with Crippen molar-refractivity contribution in [1.82, 2.24) is 20.4 Å². The van der Waals surface area contributed by atoms with Gasteiger partial charge in [-0.05, 0) is 24.7 Å². The predicted molar refractivity (Wildman–Crippen MR) is 54.2 cm³/mol. The Balaban J connectivity index is 2.33. The van der Waals surface area contributed by atoms with Crippen LogP contribution in [-0.4, -0.2) is 22.2 Å². The number of hydrogen-bond acceptors (Lipinski definition) is 5. The molecule has 2 heterocycles. The van der Waals surface area contributed by atoms with Gasteiger partial charge in [0.15, 0.2) is 5.82 Å². The van der Waals surface area contributed by atoms with E-state index in [1.54, 1.807) is 19.3 Å². The maximum Gasteiger partial charge on any atom is 0.223 e. The molecule has 2 aromatic rings. The van der Waals surface area contributed by atoms with Gasteiger partial charge in [-0.25, -0.2) is 0 Å². The Morgan fingerprint density at radius 2 is 2.07 bits per heavy atom. The Morgan fingerprint density at radius 3 is 2.60 bits per heavy atom. The Kier molecular flexibility index (Phi) is 2.73. The summed E-state index contributed by atoms with van der Waals surface area (Å²) in [6.45, 7) is 1.77. The first kappa shape index (κ1) is 9.79. The molecule has 5 heteroatoms. The highest BCUT2D eigenvalue weighted by atomic mass is 16.5. The molecule has 2 rings (SSSR count). The number of rotatable bonds is 3. The Hall–Kier alpha value is -1.75. The molecule has 0 saturated heterocycles. The number of aromatic nitrogens is 3. The number of nitrogens with zero attached hydrogens (tertiary/aromatic N) is 3. The second-order valence-corrected chi connectivity index (χ2v) is 3.17. The molecule has 0 amide bonds. The summed E-state index contributed by atoms with van der Waals surface area (Å²) in [7, 11) is 1.86. The minimum atomic E-state index is -0.0505. The van der Waals surface area contributed by atoms with Crippen molar-refractivity contribution in [1.29, 1.82) is 0 Å². The highest BCUT2D eigenvalue weighted by Gasteiger charge is 2.16. The van der Waals surface area contributed by atoms with Crippen LogP contribution in [0.5, 0.6) is 0 Å². The van der Waals surface area contributed by atoms with Gasteiger partial charge in [0.1, 0.15) is 0 Å². The molecule has 0 aliphatic heterocycles. The van der Waals surface area contributed by atoms with E-state index >= 15 is 0 Å². The molecule has 15 heavy (non-hydrogen) atoms. The van der Waals surface area contributed by atoms with Crippen molar-refractivity contribution in [3.63, 3.8) is 0 Å². The van der Waals surface area contributed by atoms with Crippen molar-refractivity contribution in [2.24, 2.45) is 0 Å². The zero-order valence-corrected chi connectivity index (χ0v) is 8.64. The molecule has 0 fully saturated rings. The van der Waals surface area contributed by atoms with E-state index in [9.17, 15) is 0 Å². The maximum absolute atomic E-state index is 4.95. The molecule has 78 valence electrons. The molecule has 0 unspecified atom stereocenters. The van der Waals surface area contributed by atoms with E-state index in [0.717, 1.165) is 5.56 Å². The highest BCUT2D eigenvalue weighted by Crippen LogP contribution is 2.17. The molecule has 1 atom stereocenters. The number of hydrogen-bond donors (Lipinski definition) is 1. The summed E-state index contributed by atoms with van der Waals surface area (Å²) in [6.07, 6.45) is 3.49. The fourth-order valence-electron chi connectivity index (χ4n) is 1.43. The van der Waals surface area contributed by atoms with Crippen LogP contribution in [0.15, 0.2) is 29.0 Å². The van der Waals surface area contributed by atoms with Gasteiger partial charge in [0, 0.05) is 19.3 Å². The molecule has 0 radical (unpaired) electrons. The predicted octanol–water partition coefficient (Wildman–Crippen LogP) is 1.08. The monoisotopic (exact) mass is 204 g/mol. The van der Waals surface area contributed by atoms with Gasteiger partial charge in [-0.15, -0.1) is 0 Å². The first-order valence-electron chi connectivity index (χ1n) is 4.68. The van der Waals surface area contributed by atoms with E-state index in [1.807, 2.05) is 19.2 Å². The Labute approximate surface area is 87.5 Å². The molecule has 0 saturated carbocycles. The molecule has 0 aromatic carbocycles. The molecule has 5 nitrogen and oxygen atoms in total. The van der Waals surface area contributed by atoms with Gasteiger partial charge in [0.2, 0.25) is 5.89 Å². The van der Waals surface area contributed by atoms with Crippen molar-refractivity contribution in [3.05, 3.63) is 41.8 Å². The molecule has 1 N–H and O–H groups in total. The van der Waals surface area contributed by atoms with Gasteiger partial charge < -0.3 is 9.84 Å². The fraction of sp³-hybridized carbons (Fsp3) is 0.300. The van der Waals surface area contributed by atoms with E-state index in [2.05, 4.69) is 20.4 Å². The van der Waals surface area contributed by atoms with Crippen LogP contribution in [0.1, 0.15) is 23.3 Å². The summed E-state index contributed by atoms with van der Waals surface area (Å²) in [5, 5.41) is 7.03. The summed E-state index contributed by atoms with van der Waals surface area (Å²) in [6, 6.07) is 3.80. The zero-order chi connectivity index (χ0) is 10.7. The van der Waals surface area contributed by atoms with Crippen LogP contribution in [0.25, 0.3) is 0 Å². The minimum Gasteiger partial charge on any atom is -0.340 e. The smallest absolute Gasteiger partial charge is 0.223 e.